The Morgan fingerprint density at radius 3 is 2.95 bits per heavy atom. The number of benzene rings is 1. The number of nitro benzene ring substituents is 1. The van der Waals surface area contributed by atoms with E-state index in [-0.39, 0.29) is 28.2 Å². The zero-order valence-electron chi connectivity index (χ0n) is 10.4. The van der Waals surface area contributed by atoms with E-state index in [0.29, 0.717) is 19.6 Å². The van der Waals surface area contributed by atoms with Crippen LogP contribution < -0.4 is 5.32 Å². The summed E-state index contributed by atoms with van der Waals surface area (Å²) in [6, 6.07) is 3.95. The van der Waals surface area contributed by atoms with Crippen LogP contribution in [0.5, 0.6) is 0 Å². The van der Waals surface area contributed by atoms with Gasteiger partial charge in [-0.1, -0.05) is 11.6 Å². The van der Waals surface area contributed by atoms with Gasteiger partial charge in [-0.2, -0.15) is 0 Å². The minimum Gasteiger partial charge on any atom is -0.333 e. The number of hydrogen-bond acceptors (Lipinski definition) is 4. The van der Waals surface area contributed by atoms with Crippen molar-refractivity contribution in [2.75, 3.05) is 19.6 Å². The lowest BCUT2D eigenvalue weighted by atomic mass is 10.1. The zero-order chi connectivity index (χ0) is 14.0. The molecule has 1 aromatic carbocycles. The van der Waals surface area contributed by atoms with Crippen molar-refractivity contribution in [3.8, 4) is 0 Å². The Labute approximate surface area is 115 Å². The number of carbonyl (C=O) groups excluding carboxylic acids is 1. The number of nitrogens with zero attached hydrogens (tertiary/aromatic N) is 2. The van der Waals surface area contributed by atoms with E-state index in [0.717, 1.165) is 0 Å². The van der Waals surface area contributed by atoms with E-state index in [4.69, 9.17) is 11.6 Å². The highest BCUT2D eigenvalue weighted by atomic mass is 35.5. The van der Waals surface area contributed by atoms with Crippen molar-refractivity contribution in [3.63, 3.8) is 0 Å². The van der Waals surface area contributed by atoms with Crippen molar-refractivity contribution in [1.82, 2.24) is 10.2 Å². The van der Waals surface area contributed by atoms with Gasteiger partial charge in [0, 0.05) is 37.8 Å². The summed E-state index contributed by atoms with van der Waals surface area (Å²) >= 11 is 5.98. The molecule has 0 aliphatic carbocycles. The third-order valence-corrected chi connectivity index (χ3v) is 3.48. The van der Waals surface area contributed by atoms with Crippen LogP contribution in [-0.2, 0) is 0 Å². The fraction of sp³-hybridized carbons (Fsp3) is 0.417. The van der Waals surface area contributed by atoms with E-state index >= 15 is 0 Å². The predicted octanol–water partition coefficient (Wildman–Crippen LogP) is 1.68. The molecule has 0 aromatic heterocycles. The SMILES string of the molecule is CC1CNCCN1C(=O)c1cc([N+](=O)[O-])ccc1Cl. The number of hydrogen-bond donors (Lipinski definition) is 1. The van der Waals surface area contributed by atoms with Gasteiger partial charge in [0.1, 0.15) is 0 Å². The Hall–Kier alpha value is -1.66. The van der Waals surface area contributed by atoms with Gasteiger partial charge < -0.3 is 10.2 Å². The first-order chi connectivity index (χ1) is 9.00. The number of carbonyl (C=O) groups is 1. The molecule has 6 nitrogen and oxygen atoms in total. The van der Waals surface area contributed by atoms with Crippen LogP contribution in [0.3, 0.4) is 0 Å². The summed E-state index contributed by atoms with van der Waals surface area (Å²) in [6.07, 6.45) is 0. The fourth-order valence-corrected chi connectivity index (χ4v) is 2.29. The highest BCUT2D eigenvalue weighted by molar-refractivity contribution is 6.33. The number of non-ortho nitro benzene ring substituents is 1. The number of halogens is 1. The molecule has 0 bridgehead atoms. The second kappa shape index (κ2) is 5.54. The number of piperazine rings is 1. The Morgan fingerprint density at radius 1 is 1.58 bits per heavy atom. The third-order valence-electron chi connectivity index (χ3n) is 3.15. The van der Waals surface area contributed by atoms with Gasteiger partial charge >= 0.3 is 0 Å². The van der Waals surface area contributed by atoms with E-state index in [1.54, 1.807) is 4.90 Å². The molecule has 1 atom stereocenters. The lowest BCUT2D eigenvalue weighted by Crippen LogP contribution is -2.52. The van der Waals surface area contributed by atoms with Gasteiger partial charge in [-0.05, 0) is 13.0 Å². The number of nitrogens with one attached hydrogen (secondary N) is 1. The summed E-state index contributed by atoms with van der Waals surface area (Å²) in [6.45, 7) is 3.91. The van der Waals surface area contributed by atoms with Gasteiger partial charge in [0.15, 0.2) is 0 Å². The normalized spacial score (nSPS) is 19.3. The Balaban J connectivity index is 2.32. The molecule has 1 amide bonds. The van der Waals surface area contributed by atoms with Gasteiger partial charge in [-0.15, -0.1) is 0 Å². The van der Waals surface area contributed by atoms with Gasteiger partial charge in [-0.25, -0.2) is 0 Å². The molecular weight excluding hydrogens is 270 g/mol. The first-order valence-corrected chi connectivity index (χ1v) is 6.34. The second-order valence-corrected chi connectivity index (χ2v) is 4.88. The molecule has 1 N–H and O–H groups in total. The Kier molecular flexibility index (Phi) is 4.01. The maximum atomic E-state index is 12.4. The molecule has 19 heavy (non-hydrogen) atoms. The van der Waals surface area contributed by atoms with Crippen LogP contribution in [0.15, 0.2) is 18.2 Å². The molecule has 1 fully saturated rings. The minimum absolute atomic E-state index is 0.0385. The van der Waals surface area contributed by atoms with Crippen molar-refractivity contribution in [2.45, 2.75) is 13.0 Å². The molecule has 7 heteroatoms. The standard InChI is InChI=1S/C12H14ClN3O3/c1-8-7-14-4-5-15(8)12(17)10-6-9(16(18)19)2-3-11(10)13/h2-3,6,8,14H,4-5,7H2,1H3. The molecule has 1 aliphatic rings. The fourth-order valence-electron chi connectivity index (χ4n) is 2.09. The summed E-state index contributed by atoms with van der Waals surface area (Å²) in [4.78, 5) is 24.3. The van der Waals surface area contributed by atoms with Crippen LogP contribution in [0, 0.1) is 10.1 Å². The second-order valence-electron chi connectivity index (χ2n) is 4.47. The monoisotopic (exact) mass is 283 g/mol. The predicted molar refractivity (Wildman–Crippen MR) is 71.5 cm³/mol. The summed E-state index contributed by atoms with van der Waals surface area (Å²) in [5.74, 6) is -0.261. The summed E-state index contributed by atoms with van der Waals surface area (Å²) < 4.78 is 0. The summed E-state index contributed by atoms with van der Waals surface area (Å²) in [5.41, 5.74) is 0.0557. The maximum absolute atomic E-state index is 12.4. The molecule has 1 aromatic rings. The van der Waals surface area contributed by atoms with Gasteiger partial charge in [0.25, 0.3) is 11.6 Å². The summed E-state index contributed by atoms with van der Waals surface area (Å²) in [7, 11) is 0. The Morgan fingerprint density at radius 2 is 2.32 bits per heavy atom. The van der Waals surface area contributed by atoms with Crippen molar-refractivity contribution < 1.29 is 9.72 Å². The molecular formula is C12H14ClN3O3. The molecule has 1 unspecified atom stereocenters. The van der Waals surface area contributed by atoms with Gasteiger partial charge in [0.2, 0.25) is 0 Å². The average Bonchev–Trinajstić information content (AvgIpc) is 2.38. The van der Waals surface area contributed by atoms with Crippen LogP contribution in [0.2, 0.25) is 5.02 Å². The molecule has 0 saturated carbocycles. The molecule has 1 heterocycles. The van der Waals surface area contributed by atoms with E-state index in [1.807, 2.05) is 6.92 Å². The van der Waals surface area contributed by atoms with Crippen LogP contribution in [0.4, 0.5) is 5.69 Å². The minimum atomic E-state index is -0.533. The van der Waals surface area contributed by atoms with Gasteiger partial charge in [0.05, 0.1) is 15.5 Å². The smallest absolute Gasteiger partial charge is 0.270 e. The van der Waals surface area contributed by atoms with Gasteiger partial charge in [-0.3, -0.25) is 14.9 Å². The van der Waals surface area contributed by atoms with E-state index in [2.05, 4.69) is 5.32 Å². The molecule has 2 rings (SSSR count). The Bertz CT molecular complexity index is 521. The topological polar surface area (TPSA) is 75.5 Å². The van der Waals surface area contributed by atoms with Crippen molar-refractivity contribution >= 4 is 23.2 Å². The van der Waals surface area contributed by atoms with Crippen LogP contribution in [0.25, 0.3) is 0 Å². The molecule has 0 spiro atoms. The zero-order valence-corrected chi connectivity index (χ0v) is 11.2. The van der Waals surface area contributed by atoms with E-state index in [1.165, 1.54) is 18.2 Å². The molecule has 1 saturated heterocycles. The molecule has 0 radical (unpaired) electrons. The van der Waals surface area contributed by atoms with Crippen LogP contribution >= 0.6 is 11.6 Å². The van der Waals surface area contributed by atoms with Crippen molar-refractivity contribution in [2.24, 2.45) is 0 Å². The number of rotatable bonds is 2. The third kappa shape index (κ3) is 2.85. The van der Waals surface area contributed by atoms with Crippen LogP contribution in [-0.4, -0.2) is 41.4 Å². The number of amides is 1. The highest BCUT2D eigenvalue weighted by Crippen LogP contribution is 2.24. The quantitative estimate of drug-likeness (QED) is 0.662. The first-order valence-electron chi connectivity index (χ1n) is 5.96. The first kappa shape index (κ1) is 13.8. The number of nitro groups is 1. The van der Waals surface area contributed by atoms with E-state index < -0.39 is 4.92 Å². The highest BCUT2D eigenvalue weighted by Gasteiger charge is 2.26. The lowest BCUT2D eigenvalue weighted by Gasteiger charge is -2.34. The van der Waals surface area contributed by atoms with E-state index in [9.17, 15) is 14.9 Å². The van der Waals surface area contributed by atoms with Crippen molar-refractivity contribution in [1.29, 1.82) is 0 Å². The largest absolute Gasteiger partial charge is 0.333 e. The maximum Gasteiger partial charge on any atom is 0.270 e. The molecule has 1 aliphatic heterocycles. The lowest BCUT2D eigenvalue weighted by molar-refractivity contribution is -0.384. The molecule has 102 valence electrons. The average molecular weight is 284 g/mol. The van der Waals surface area contributed by atoms with Crippen LogP contribution in [0.1, 0.15) is 17.3 Å². The van der Waals surface area contributed by atoms with Crippen molar-refractivity contribution in [3.05, 3.63) is 38.9 Å². The summed E-state index contributed by atoms with van der Waals surface area (Å²) in [5, 5.41) is 14.2.